The van der Waals surface area contributed by atoms with Gasteiger partial charge in [0.1, 0.15) is 5.75 Å². The molecule has 0 fully saturated rings. The van der Waals surface area contributed by atoms with Crippen LogP contribution in [0.1, 0.15) is 42.3 Å². The highest BCUT2D eigenvalue weighted by atomic mass is 16.6. The number of esters is 1. The molecule has 0 spiro atoms. The number of anilines is 1. The molecule has 2 N–H and O–H groups in total. The molecule has 0 saturated heterocycles. The summed E-state index contributed by atoms with van der Waals surface area (Å²) in [7, 11) is 0. The Morgan fingerprint density at radius 3 is 2.16 bits per heavy atom. The standard InChI is InChI=1S/C28H29N3O6/c1-4-19-7-12-22(13-8-19)30-26(32)27(33)31-29-18-20-9-16-24(25(17-20)36-6-3)37-28(34)21-10-14-23(15-11-21)35-5-2/h7-18H,4-6H2,1-3H3,(H,30,32)(H,31,33)/b29-18+. The zero-order valence-corrected chi connectivity index (χ0v) is 20.9. The molecule has 0 radical (unpaired) electrons. The average molecular weight is 504 g/mol. The normalized spacial score (nSPS) is 10.6. The van der Waals surface area contributed by atoms with Gasteiger partial charge in [-0.25, -0.2) is 10.2 Å². The van der Waals surface area contributed by atoms with E-state index in [0.29, 0.717) is 41.5 Å². The maximum absolute atomic E-state index is 12.6. The fourth-order valence-corrected chi connectivity index (χ4v) is 3.20. The van der Waals surface area contributed by atoms with E-state index >= 15 is 0 Å². The Labute approximate surface area is 215 Å². The number of hydrogen-bond acceptors (Lipinski definition) is 7. The summed E-state index contributed by atoms with van der Waals surface area (Å²) in [5, 5.41) is 6.35. The van der Waals surface area contributed by atoms with Crippen LogP contribution in [0.2, 0.25) is 0 Å². The molecule has 0 aliphatic rings. The number of amides is 2. The van der Waals surface area contributed by atoms with Crippen LogP contribution in [-0.2, 0) is 16.0 Å². The van der Waals surface area contributed by atoms with Crippen LogP contribution in [0, 0.1) is 0 Å². The van der Waals surface area contributed by atoms with E-state index in [0.717, 1.165) is 12.0 Å². The summed E-state index contributed by atoms with van der Waals surface area (Å²) in [6, 6.07) is 18.6. The zero-order chi connectivity index (χ0) is 26.6. The minimum absolute atomic E-state index is 0.232. The maximum Gasteiger partial charge on any atom is 0.343 e. The maximum atomic E-state index is 12.6. The van der Waals surface area contributed by atoms with Gasteiger partial charge >= 0.3 is 17.8 Å². The number of hydrogen-bond donors (Lipinski definition) is 2. The van der Waals surface area contributed by atoms with Gasteiger partial charge < -0.3 is 19.5 Å². The fourth-order valence-electron chi connectivity index (χ4n) is 3.20. The van der Waals surface area contributed by atoms with Gasteiger partial charge in [0, 0.05) is 5.69 Å². The molecule has 0 aromatic heterocycles. The largest absolute Gasteiger partial charge is 0.494 e. The van der Waals surface area contributed by atoms with Crippen molar-refractivity contribution in [1.29, 1.82) is 0 Å². The molecule has 0 heterocycles. The van der Waals surface area contributed by atoms with Crippen LogP contribution in [0.3, 0.4) is 0 Å². The van der Waals surface area contributed by atoms with Crippen LogP contribution < -0.4 is 25.0 Å². The monoisotopic (exact) mass is 503 g/mol. The summed E-state index contributed by atoms with van der Waals surface area (Å²) in [4.78, 5) is 36.7. The molecule has 3 aromatic rings. The van der Waals surface area contributed by atoms with Gasteiger partial charge in [0.15, 0.2) is 11.5 Å². The fraction of sp³-hybridized carbons (Fsp3) is 0.214. The molecule has 0 unspecified atom stereocenters. The minimum Gasteiger partial charge on any atom is -0.494 e. The number of nitrogens with zero attached hydrogens (tertiary/aromatic N) is 1. The van der Waals surface area contributed by atoms with Crippen LogP contribution in [0.25, 0.3) is 0 Å². The molecule has 0 aliphatic carbocycles. The van der Waals surface area contributed by atoms with Gasteiger partial charge in [0.25, 0.3) is 0 Å². The van der Waals surface area contributed by atoms with Crippen molar-refractivity contribution in [2.75, 3.05) is 18.5 Å². The summed E-state index contributed by atoms with van der Waals surface area (Å²) in [5.41, 5.74) is 4.74. The van der Waals surface area contributed by atoms with Crippen molar-refractivity contribution in [2.24, 2.45) is 5.10 Å². The van der Waals surface area contributed by atoms with E-state index in [1.54, 1.807) is 61.5 Å². The predicted octanol–water partition coefficient (Wildman–Crippen LogP) is 4.35. The Hall–Kier alpha value is -4.66. The van der Waals surface area contributed by atoms with Crippen LogP contribution in [0.5, 0.6) is 17.2 Å². The van der Waals surface area contributed by atoms with E-state index in [9.17, 15) is 14.4 Å². The van der Waals surface area contributed by atoms with Gasteiger partial charge in [-0.2, -0.15) is 5.10 Å². The Morgan fingerprint density at radius 2 is 1.51 bits per heavy atom. The van der Waals surface area contributed by atoms with E-state index in [4.69, 9.17) is 14.2 Å². The summed E-state index contributed by atoms with van der Waals surface area (Å²) < 4.78 is 16.5. The van der Waals surface area contributed by atoms with E-state index < -0.39 is 17.8 Å². The van der Waals surface area contributed by atoms with Gasteiger partial charge in [0.2, 0.25) is 0 Å². The molecule has 0 aliphatic heterocycles. The topological polar surface area (TPSA) is 115 Å². The summed E-state index contributed by atoms with van der Waals surface area (Å²) in [6.07, 6.45) is 2.22. The molecular formula is C28H29N3O6. The smallest absolute Gasteiger partial charge is 0.343 e. The Morgan fingerprint density at radius 1 is 0.811 bits per heavy atom. The van der Waals surface area contributed by atoms with Crippen LogP contribution in [0.4, 0.5) is 5.69 Å². The van der Waals surface area contributed by atoms with E-state index in [-0.39, 0.29) is 5.75 Å². The molecule has 37 heavy (non-hydrogen) atoms. The summed E-state index contributed by atoms with van der Waals surface area (Å²) in [6.45, 7) is 6.57. The lowest BCUT2D eigenvalue weighted by Crippen LogP contribution is -2.32. The third-order valence-corrected chi connectivity index (χ3v) is 5.08. The first kappa shape index (κ1) is 26.9. The van der Waals surface area contributed by atoms with Gasteiger partial charge in [-0.1, -0.05) is 19.1 Å². The highest BCUT2D eigenvalue weighted by Gasteiger charge is 2.15. The second-order valence-corrected chi connectivity index (χ2v) is 7.69. The van der Waals surface area contributed by atoms with Crippen molar-refractivity contribution in [3.05, 3.63) is 83.4 Å². The first-order valence-corrected chi connectivity index (χ1v) is 11.9. The first-order valence-electron chi connectivity index (χ1n) is 11.9. The molecular weight excluding hydrogens is 474 g/mol. The van der Waals surface area contributed by atoms with E-state index in [1.165, 1.54) is 6.21 Å². The molecule has 3 rings (SSSR count). The minimum atomic E-state index is -0.915. The molecule has 9 heteroatoms. The molecule has 2 amide bonds. The number of nitrogens with one attached hydrogen (secondary N) is 2. The van der Waals surface area contributed by atoms with Crippen molar-refractivity contribution in [3.63, 3.8) is 0 Å². The predicted molar refractivity (Wildman–Crippen MR) is 140 cm³/mol. The Kier molecular flexibility index (Phi) is 9.78. The number of rotatable bonds is 10. The quantitative estimate of drug-likeness (QED) is 0.140. The number of benzene rings is 3. The van der Waals surface area contributed by atoms with Gasteiger partial charge in [-0.05, 0) is 86.0 Å². The van der Waals surface area contributed by atoms with Crippen molar-refractivity contribution < 1.29 is 28.6 Å². The van der Waals surface area contributed by atoms with Crippen molar-refractivity contribution >= 4 is 29.7 Å². The van der Waals surface area contributed by atoms with Crippen LogP contribution in [0.15, 0.2) is 71.8 Å². The average Bonchev–Trinajstić information content (AvgIpc) is 2.91. The lowest BCUT2D eigenvalue weighted by atomic mass is 10.1. The number of hydrazone groups is 1. The van der Waals surface area contributed by atoms with Crippen LogP contribution >= 0.6 is 0 Å². The second-order valence-electron chi connectivity index (χ2n) is 7.69. The lowest BCUT2D eigenvalue weighted by molar-refractivity contribution is -0.136. The SMILES string of the molecule is CCOc1ccc(C(=O)Oc2ccc(/C=N/NC(=O)C(=O)Nc3ccc(CC)cc3)cc2OCC)cc1. The van der Waals surface area contributed by atoms with Crippen molar-refractivity contribution in [3.8, 4) is 17.2 Å². The molecule has 0 bridgehead atoms. The number of ether oxygens (including phenoxy) is 3. The molecule has 0 saturated carbocycles. The Balaban J connectivity index is 1.60. The highest BCUT2D eigenvalue weighted by Crippen LogP contribution is 2.29. The lowest BCUT2D eigenvalue weighted by Gasteiger charge is -2.11. The second kappa shape index (κ2) is 13.4. The van der Waals surface area contributed by atoms with Crippen molar-refractivity contribution in [2.45, 2.75) is 27.2 Å². The summed E-state index contributed by atoms with van der Waals surface area (Å²) in [5.74, 6) is -1.09. The van der Waals surface area contributed by atoms with E-state index in [2.05, 4.69) is 15.8 Å². The third-order valence-electron chi connectivity index (χ3n) is 5.08. The molecule has 3 aromatic carbocycles. The van der Waals surface area contributed by atoms with Gasteiger partial charge in [0.05, 0.1) is 25.0 Å². The number of carbonyl (C=O) groups excluding carboxylic acids is 3. The number of aryl methyl sites for hydroxylation is 1. The molecule has 0 atom stereocenters. The first-order chi connectivity index (χ1) is 17.9. The van der Waals surface area contributed by atoms with Crippen molar-refractivity contribution in [1.82, 2.24) is 5.43 Å². The van der Waals surface area contributed by atoms with Gasteiger partial charge in [-0.15, -0.1) is 0 Å². The molecule has 9 nitrogen and oxygen atoms in total. The highest BCUT2D eigenvalue weighted by molar-refractivity contribution is 6.39. The van der Waals surface area contributed by atoms with Gasteiger partial charge in [-0.3, -0.25) is 9.59 Å². The van der Waals surface area contributed by atoms with E-state index in [1.807, 2.05) is 26.0 Å². The van der Waals surface area contributed by atoms with Crippen LogP contribution in [-0.4, -0.2) is 37.2 Å². The third kappa shape index (κ3) is 7.93. The zero-order valence-electron chi connectivity index (χ0n) is 20.9. The Bertz CT molecular complexity index is 1250. The molecule has 192 valence electrons. The summed E-state index contributed by atoms with van der Waals surface area (Å²) >= 11 is 0. The number of carbonyl (C=O) groups is 3.